The molecule has 13 heteroatoms. The number of Topliss-reactive ketones (excluding diaryl/α,β-unsaturated/α-hetero) is 1. The highest BCUT2D eigenvalue weighted by atomic mass is 79.9. The maximum absolute atomic E-state index is 15.0. The molecule has 3 amide bonds. The molecule has 0 aromatic heterocycles. The number of rotatable bonds is 10. The Balaban J connectivity index is 1.45. The molecule has 42 heavy (non-hydrogen) atoms. The van der Waals surface area contributed by atoms with Crippen LogP contribution in [-0.4, -0.2) is 66.7 Å². The number of benzene rings is 2. The minimum absolute atomic E-state index is 0.0113. The number of nitrogens with zero attached hydrogens (tertiary/aromatic N) is 1. The molecule has 0 radical (unpaired) electrons. The van der Waals surface area contributed by atoms with Crippen LogP contribution in [0.3, 0.4) is 0 Å². The molecule has 1 unspecified atom stereocenters. The van der Waals surface area contributed by atoms with Crippen LogP contribution in [-0.2, 0) is 34.4 Å². The lowest BCUT2D eigenvalue weighted by molar-refractivity contribution is -0.143. The van der Waals surface area contributed by atoms with Crippen molar-refractivity contribution < 1.29 is 32.0 Å². The molecule has 224 valence electrons. The maximum atomic E-state index is 15.0. The van der Waals surface area contributed by atoms with E-state index in [1.54, 1.807) is 19.1 Å². The second-order valence-electron chi connectivity index (χ2n) is 11.1. The summed E-state index contributed by atoms with van der Waals surface area (Å²) < 4.78 is 42.9. The average Bonchev–Trinajstić information content (AvgIpc) is 3.88. The highest BCUT2D eigenvalue weighted by molar-refractivity contribution is 9.10. The topological polar surface area (TPSA) is 130 Å². The van der Waals surface area contributed by atoms with Crippen molar-refractivity contribution in [2.75, 3.05) is 6.54 Å². The third kappa shape index (κ3) is 5.85. The van der Waals surface area contributed by atoms with Crippen molar-refractivity contribution in [3.05, 3.63) is 63.3 Å². The van der Waals surface area contributed by atoms with Gasteiger partial charge in [0.25, 0.3) is 5.91 Å². The summed E-state index contributed by atoms with van der Waals surface area (Å²) >= 11 is 9.43. The number of nitrogens with one attached hydrogen (secondary N) is 2. The van der Waals surface area contributed by atoms with E-state index >= 15 is 4.39 Å². The SMILES string of the molecule is CCC(NC(=O)[C@@H]1C[C@@H](S(=O)(=O)c2ccccc2Cl)CN1C(=O)C1(c2ccc(Br)cc2F)CC1)C(=O)C(=O)NC1CC1. The van der Waals surface area contributed by atoms with Crippen LogP contribution >= 0.6 is 27.5 Å². The van der Waals surface area contributed by atoms with Crippen LogP contribution in [0.15, 0.2) is 51.8 Å². The second kappa shape index (κ2) is 11.7. The third-order valence-electron chi connectivity index (χ3n) is 8.19. The summed E-state index contributed by atoms with van der Waals surface area (Å²) in [6, 6.07) is 7.82. The van der Waals surface area contributed by atoms with E-state index in [2.05, 4.69) is 26.6 Å². The third-order valence-corrected chi connectivity index (χ3v) is 11.3. The number of halogens is 3. The fourth-order valence-corrected chi connectivity index (χ4v) is 8.04. The average molecular weight is 683 g/mol. The van der Waals surface area contributed by atoms with E-state index in [0.29, 0.717) is 17.3 Å². The normalized spacial score (nSPS) is 21.9. The van der Waals surface area contributed by atoms with Crippen LogP contribution in [0.2, 0.25) is 5.02 Å². The van der Waals surface area contributed by atoms with Gasteiger partial charge in [-0.15, -0.1) is 0 Å². The summed E-state index contributed by atoms with van der Waals surface area (Å²) in [5, 5.41) is 4.01. The Bertz CT molecular complexity index is 1560. The highest BCUT2D eigenvalue weighted by Crippen LogP contribution is 2.52. The van der Waals surface area contributed by atoms with Crippen LogP contribution < -0.4 is 10.6 Å². The standard InChI is InChI=1S/C29H30BrClFN3O6S/c1-2-22(25(36)27(38)33-17-8-9-17)34-26(37)23-14-18(42(40,41)24-6-4-3-5-20(24)31)15-35(23)28(39)29(11-12-29)19-10-7-16(30)13-21(19)32/h3-7,10,13,17-18,22-23H,2,8-9,11-12,14-15H2,1H3,(H,33,38)(H,34,37)/t18-,22?,23+/m1/s1. The van der Waals surface area contributed by atoms with E-state index in [-0.39, 0.29) is 40.9 Å². The van der Waals surface area contributed by atoms with Crippen molar-refractivity contribution in [2.24, 2.45) is 0 Å². The number of ketones is 1. The van der Waals surface area contributed by atoms with Gasteiger partial charge in [-0.25, -0.2) is 12.8 Å². The first-order valence-corrected chi connectivity index (χ1v) is 16.5. The molecule has 0 spiro atoms. The van der Waals surface area contributed by atoms with Gasteiger partial charge in [-0.2, -0.15) is 0 Å². The lowest BCUT2D eigenvalue weighted by Gasteiger charge is -2.29. The van der Waals surface area contributed by atoms with Gasteiger partial charge in [0.1, 0.15) is 11.9 Å². The largest absolute Gasteiger partial charge is 0.347 e. The summed E-state index contributed by atoms with van der Waals surface area (Å²) in [6.45, 7) is 1.31. The highest BCUT2D eigenvalue weighted by Gasteiger charge is 2.58. The molecule has 2 aliphatic carbocycles. The van der Waals surface area contributed by atoms with Crippen molar-refractivity contribution in [1.82, 2.24) is 15.5 Å². The predicted octanol–water partition coefficient (Wildman–Crippen LogP) is 3.46. The van der Waals surface area contributed by atoms with E-state index in [1.165, 1.54) is 35.2 Å². The molecule has 9 nitrogen and oxygen atoms in total. The Kier molecular flexibility index (Phi) is 8.52. The minimum atomic E-state index is -4.09. The first kappa shape index (κ1) is 30.6. The van der Waals surface area contributed by atoms with E-state index in [0.717, 1.165) is 12.8 Å². The molecule has 2 saturated carbocycles. The molecule has 2 aromatic carbocycles. The fourth-order valence-electron chi connectivity index (χ4n) is 5.49. The van der Waals surface area contributed by atoms with Crippen molar-refractivity contribution in [3.8, 4) is 0 Å². The molecular weight excluding hydrogens is 653 g/mol. The first-order valence-electron chi connectivity index (χ1n) is 13.8. The predicted molar refractivity (Wildman–Crippen MR) is 156 cm³/mol. The molecular formula is C29H30BrClFN3O6S. The number of carbonyl (C=O) groups excluding carboxylic acids is 4. The van der Waals surface area contributed by atoms with Crippen LogP contribution in [0.1, 0.15) is 51.0 Å². The van der Waals surface area contributed by atoms with Crippen LogP contribution in [0.25, 0.3) is 0 Å². The number of likely N-dealkylation sites (tertiary alicyclic amines) is 1. The van der Waals surface area contributed by atoms with Gasteiger partial charge in [-0.05, 0) is 62.8 Å². The Morgan fingerprint density at radius 2 is 1.83 bits per heavy atom. The van der Waals surface area contributed by atoms with Gasteiger partial charge in [0.05, 0.1) is 26.6 Å². The molecule has 3 fully saturated rings. The van der Waals surface area contributed by atoms with Gasteiger partial charge >= 0.3 is 0 Å². The summed E-state index contributed by atoms with van der Waals surface area (Å²) in [6.07, 6.45) is 2.07. The minimum Gasteiger partial charge on any atom is -0.347 e. The Morgan fingerprint density at radius 1 is 1.14 bits per heavy atom. The summed E-state index contributed by atoms with van der Waals surface area (Å²) in [5.74, 6) is -3.53. The molecule has 2 aromatic rings. The number of hydrogen-bond donors (Lipinski definition) is 2. The van der Waals surface area contributed by atoms with E-state index in [9.17, 15) is 27.6 Å². The Morgan fingerprint density at radius 3 is 2.43 bits per heavy atom. The molecule has 1 saturated heterocycles. The number of hydrogen-bond acceptors (Lipinski definition) is 6. The Hall–Kier alpha value is -2.83. The van der Waals surface area contributed by atoms with Crippen LogP contribution in [0.4, 0.5) is 4.39 Å². The summed E-state index contributed by atoms with van der Waals surface area (Å²) in [7, 11) is -4.09. The van der Waals surface area contributed by atoms with Gasteiger partial charge in [0, 0.05) is 22.6 Å². The monoisotopic (exact) mass is 681 g/mol. The summed E-state index contributed by atoms with van der Waals surface area (Å²) in [5.41, 5.74) is -1.07. The van der Waals surface area contributed by atoms with E-state index < -0.39 is 61.9 Å². The van der Waals surface area contributed by atoms with Crippen molar-refractivity contribution in [1.29, 1.82) is 0 Å². The van der Waals surface area contributed by atoms with Gasteiger partial charge < -0.3 is 15.5 Å². The molecule has 1 heterocycles. The number of sulfone groups is 1. The summed E-state index contributed by atoms with van der Waals surface area (Å²) in [4.78, 5) is 54.0. The first-order chi connectivity index (χ1) is 19.9. The van der Waals surface area contributed by atoms with Gasteiger partial charge in [0.15, 0.2) is 9.84 Å². The zero-order valence-corrected chi connectivity index (χ0v) is 25.9. The van der Waals surface area contributed by atoms with E-state index in [1.807, 2.05) is 0 Å². The molecule has 3 aliphatic rings. The maximum Gasteiger partial charge on any atom is 0.289 e. The number of carbonyl (C=O) groups is 4. The van der Waals surface area contributed by atoms with Gasteiger partial charge in [-0.1, -0.05) is 52.7 Å². The fraction of sp³-hybridized carbons (Fsp3) is 0.448. The van der Waals surface area contributed by atoms with Crippen molar-refractivity contribution in [2.45, 2.75) is 79.1 Å². The lowest BCUT2D eigenvalue weighted by Crippen LogP contribution is -2.54. The van der Waals surface area contributed by atoms with Crippen LogP contribution in [0, 0.1) is 5.82 Å². The second-order valence-corrected chi connectivity index (χ2v) is 14.6. The molecule has 5 rings (SSSR count). The number of amides is 3. The van der Waals surface area contributed by atoms with Crippen molar-refractivity contribution in [3.63, 3.8) is 0 Å². The van der Waals surface area contributed by atoms with Gasteiger partial charge in [-0.3, -0.25) is 19.2 Å². The Labute approximate surface area is 256 Å². The molecule has 2 N–H and O–H groups in total. The molecule has 3 atom stereocenters. The zero-order chi connectivity index (χ0) is 30.4. The molecule has 0 bridgehead atoms. The van der Waals surface area contributed by atoms with Gasteiger partial charge in [0.2, 0.25) is 17.6 Å². The van der Waals surface area contributed by atoms with E-state index in [4.69, 9.17) is 11.6 Å². The van der Waals surface area contributed by atoms with Crippen molar-refractivity contribution >= 4 is 60.9 Å². The molecule has 1 aliphatic heterocycles. The van der Waals surface area contributed by atoms with Crippen LogP contribution in [0.5, 0.6) is 0 Å². The smallest absolute Gasteiger partial charge is 0.289 e. The lowest BCUT2D eigenvalue weighted by atomic mass is 9.93. The quantitative estimate of drug-likeness (QED) is 0.370. The zero-order valence-electron chi connectivity index (χ0n) is 22.7.